The van der Waals surface area contributed by atoms with Gasteiger partial charge in [-0.1, -0.05) is 50.1 Å². The molecule has 1 fully saturated rings. The number of rotatable bonds is 3. The lowest BCUT2D eigenvalue weighted by Gasteiger charge is -2.27. The van der Waals surface area contributed by atoms with Crippen LogP contribution >= 0.6 is 12.2 Å². The Bertz CT molecular complexity index is 718. The Labute approximate surface area is 144 Å². The van der Waals surface area contributed by atoms with Crippen molar-refractivity contribution < 1.29 is 0 Å². The molecular formula is C21H23NS. The van der Waals surface area contributed by atoms with Gasteiger partial charge in [-0.25, -0.2) is 0 Å². The standard InChI is InChI=1S/C21H23NS/c1-15-3-5-17(6-4-15)19-9-12-21(16(2)13-19)18-7-10-20(11-8-18)22-14-23/h7-13,15,17H,3-6H2,1-2H3. The van der Waals surface area contributed by atoms with Gasteiger partial charge in [0.2, 0.25) is 0 Å². The van der Waals surface area contributed by atoms with E-state index in [-0.39, 0.29) is 0 Å². The van der Waals surface area contributed by atoms with Crippen LogP contribution in [0.2, 0.25) is 0 Å². The third-order valence-electron chi connectivity index (χ3n) is 5.09. The van der Waals surface area contributed by atoms with Crippen LogP contribution in [0.5, 0.6) is 0 Å². The van der Waals surface area contributed by atoms with Crippen LogP contribution < -0.4 is 0 Å². The lowest BCUT2D eigenvalue weighted by atomic mass is 9.79. The molecule has 2 aromatic carbocycles. The molecule has 0 saturated heterocycles. The van der Waals surface area contributed by atoms with E-state index in [1.165, 1.54) is 47.9 Å². The summed E-state index contributed by atoms with van der Waals surface area (Å²) in [7, 11) is 0. The Morgan fingerprint density at radius 3 is 2.30 bits per heavy atom. The summed E-state index contributed by atoms with van der Waals surface area (Å²) in [6, 6.07) is 15.2. The maximum Gasteiger partial charge on any atom is 0.0739 e. The van der Waals surface area contributed by atoms with Gasteiger partial charge in [-0.2, -0.15) is 4.99 Å². The summed E-state index contributed by atoms with van der Waals surface area (Å²) in [6.07, 6.45) is 5.41. The first-order chi connectivity index (χ1) is 11.2. The van der Waals surface area contributed by atoms with E-state index in [0.29, 0.717) is 0 Å². The smallest absolute Gasteiger partial charge is 0.0739 e. The minimum atomic E-state index is 0.748. The van der Waals surface area contributed by atoms with Crippen molar-refractivity contribution in [2.75, 3.05) is 0 Å². The van der Waals surface area contributed by atoms with Gasteiger partial charge in [0, 0.05) is 0 Å². The Kier molecular flexibility index (Phi) is 5.05. The number of hydrogen-bond donors (Lipinski definition) is 0. The highest BCUT2D eigenvalue weighted by Crippen LogP contribution is 2.37. The second-order valence-electron chi connectivity index (χ2n) is 6.78. The minimum Gasteiger partial charge on any atom is -0.195 e. The molecule has 1 nitrogen and oxygen atoms in total. The molecule has 3 rings (SSSR count). The van der Waals surface area contributed by atoms with E-state index in [4.69, 9.17) is 0 Å². The monoisotopic (exact) mass is 321 g/mol. The van der Waals surface area contributed by atoms with Crippen LogP contribution in [0.15, 0.2) is 47.5 Å². The molecule has 1 aliphatic carbocycles. The number of thiocarbonyl (C=S) groups is 1. The zero-order chi connectivity index (χ0) is 16.2. The molecule has 1 aliphatic rings. The van der Waals surface area contributed by atoms with E-state index in [2.05, 4.69) is 66.6 Å². The van der Waals surface area contributed by atoms with Crippen molar-refractivity contribution in [1.82, 2.24) is 0 Å². The van der Waals surface area contributed by atoms with E-state index in [1.807, 2.05) is 12.1 Å². The molecule has 0 radical (unpaired) electrons. The van der Waals surface area contributed by atoms with Crippen molar-refractivity contribution in [3.63, 3.8) is 0 Å². The van der Waals surface area contributed by atoms with Crippen LogP contribution in [-0.2, 0) is 0 Å². The van der Waals surface area contributed by atoms with Crippen molar-refractivity contribution in [3.8, 4) is 11.1 Å². The van der Waals surface area contributed by atoms with E-state index < -0.39 is 0 Å². The highest BCUT2D eigenvalue weighted by atomic mass is 32.1. The van der Waals surface area contributed by atoms with E-state index in [0.717, 1.165) is 17.5 Å². The van der Waals surface area contributed by atoms with Gasteiger partial charge in [-0.3, -0.25) is 0 Å². The van der Waals surface area contributed by atoms with Gasteiger partial charge in [0.1, 0.15) is 0 Å². The molecule has 2 heteroatoms. The summed E-state index contributed by atoms with van der Waals surface area (Å²) >= 11 is 4.65. The predicted octanol–water partition coefficient (Wildman–Crippen LogP) is 6.69. The Balaban J connectivity index is 1.83. The first-order valence-electron chi connectivity index (χ1n) is 8.46. The van der Waals surface area contributed by atoms with Gasteiger partial charge >= 0.3 is 0 Å². The fraction of sp³-hybridized carbons (Fsp3) is 0.381. The van der Waals surface area contributed by atoms with Crippen molar-refractivity contribution in [2.24, 2.45) is 10.9 Å². The third-order valence-corrected chi connectivity index (χ3v) is 5.18. The molecule has 2 aromatic rings. The number of aryl methyl sites for hydroxylation is 1. The second-order valence-corrected chi connectivity index (χ2v) is 6.96. The topological polar surface area (TPSA) is 12.4 Å². The maximum absolute atomic E-state index is 4.65. The van der Waals surface area contributed by atoms with Crippen LogP contribution in [0.4, 0.5) is 5.69 Å². The van der Waals surface area contributed by atoms with Crippen LogP contribution in [-0.4, -0.2) is 5.16 Å². The number of aliphatic imine (C=N–C) groups is 1. The van der Waals surface area contributed by atoms with Gasteiger partial charge in [0.25, 0.3) is 0 Å². The zero-order valence-corrected chi connectivity index (χ0v) is 14.7. The van der Waals surface area contributed by atoms with Crippen molar-refractivity contribution >= 4 is 23.1 Å². The Morgan fingerprint density at radius 2 is 1.70 bits per heavy atom. The van der Waals surface area contributed by atoms with Crippen LogP contribution in [0.25, 0.3) is 11.1 Å². The number of benzene rings is 2. The second kappa shape index (κ2) is 7.21. The number of nitrogens with zero attached hydrogens (tertiary/aromatic N) is 1. The molecule has 0 bridgehead atoms. The average molecular weight is 321 g/mol. The molecule has 0 spiro atoms. The van der Waals surface area contributed by atoms with Gasteiger partial charge < -0.3 is 0 Å². The van der Waals surface area contributed by atoms with Crippen LogP contribution in [0.1, 0.15) is 49.7 Å². The van der Waals surface area contributed by atoms with E-state index in [1.54, 1.807) is 0 Å². The summed E-state index contributed by atoms with van der Waals surface area (Å²) in [5.74, 6) is 1.65. The molecule has 0 aromatic heterocycles. The van der Waals surface area contributed by atoms with Crippen molar-refractivity contribution in [1.29, 1.82) is 0 Å². The molecule has 23 heavy (non-hydrogen) atoms. The molecule has 0 heterocycles. The molecule has 0 atom stereocenters. The minimum absolute atomic E-state index is 0.748. The van der Waals surface area contributed by atoms with Gasteiger partial charge in [0.05, 0.1) is 10.8 Å². The van der Waals surface area contributed by atoms with E-state index >= 15 is 0 Å². The molecule has 0 amide bonds. The predicted molar refractivity (Wildman–Crippen MR) is 102 cm³/mol. The fourth-order valence-corrected chi connectivity index (χ4v) is 3.73. The molecular weight excluding hydrogens is 298 g/mol. The Hall–Kier alpha value is -1.76. The van der Waals surface area contributed by atoms with Gasteiger partial charge in [-0.05, 0) is 78.2 Å². The van der Waals surface area contributed by atoms with Crippen LogP contribution in [0, 0.1) is 12.8 Å². The van der Waals surface area contributed by atoms with Gasteiger partial charge in [-0.15, -0.1) is 0 Å². The quantitative estimate of drug-likeness (QED) is 0.453. The highest BCUT2D eigenvalue weighted by Gasteiger charge is 2.20. The molecule has 0 N–H and O–H groups in total. The number of hydrogen-bond acceptors (Lipinski definition) is 2. The van der Waals surface area contributed by atoms with Crippen molar-refractivity contribution in [2.45, 2.75) is 45.4 Å². The third kappa shape index (κ3) is 3.77. The molecule has 0 unspecified atom stereocenters. The maximum atomic E-state index is 4.65. The number of isothiocyanates is 1. The Morgan fingerprint density at radius 1 is 1.00 bits per heavy atom. The molecule has 0 aliphatic heterocycles. The SMILES string of the molecule is Cc1cc(C2CCC(C)CC2)ccc1-c1ccc(N=C=S)cc1. The first-order valence-corrected chi connectivity index (χ1v) is 8.87. The summed E-state index contributed by atoms with van der Waals surface area (Å²) in [5.41, 5.74) is 6.26. The normalized spacial score (nSPS) is 20.8. The van der Waals surface area contributed by atoms with E-state index in [9.17, 15) is 0 Å². The summed E-state index contributed by atoms with van der Waals surface area (Å²) in [4.78, 5) is 4.01. The van der Waals surface area contributed by atoms with Crippen LogP contribution in [0.3, 0.4) is 0 Å². The lowest BCUT2D eigenvalue weighted by Crippen LogP contribution is -2.10. The summed E-state index contributed by atoms with van der Waals surface area (Å²) in [6.45, 7) is 4.59. The highest BCUT2D eigenvalue weighted by molar-refractivity contribution is 7.78. The van der Waals surface area contributed by atoms with Crippen molar-refractivity contribution in [3.05, 3.63) is 53.6 Å². The largest absolute Gasteiger partial charge is 0.195 e. The zero-order valence-electron chi connectivity index (χ0n) is 13.9. The summed E-state index contributed by atoms with van der Waals surface area (Å²) in [5, 5.41) is 2.41. The first kappa shape index (κ1) is 16.1. The lowest BCUT2D eigenvalue weighted by molar-refractivity contribution is 0.348. The molecule has 118 valence electrons. The summed E-state index contributed by atoms with van der Waals surface area (Å²) < 4.78 is 0. The molecule has 1 saturated carbocycles. The van der Waals surface area contributed by atoms with Gasteiger partial charge in [0.15, 0.2) is 0 Å². The fourth-order valence-electron chi connectivity index (χ4n) is 3.63. The average Bonchev–Trinajstić information content (AvgIpc) is 2.57.